The summed E-state index contributed by atoms with van der Waals surface area (Å²) in [5.41, 5.74) is 0. The Kier molecular flexibility index (Phi) is 2.13. The summed E-state index contributed by atoms with van der Waals surface area (Å²) in [6.45, 7) is 2.02. The SMILES string of the molecule is CNC(c1ccc(C)o1)C1C2CCCC21. The zero-order valence-electron chi connectivity index (χ0n) is 9.49. The van der Waals surface area contributed by atoms with E-state index in [1.54, 1.807) is 0 Å². The third-order valence-electron chi connectivity index (χ3n) is 4.24. The first kappa shape index (κ1) is 9.46. The van der Waals surface area contributed by atoms with Crippen LogP contribution in [-0.2, 0) is 0 Å². The van der Waals surface area contributed by atoms with Gasteiger partial charge in [-0.15, -0.1) is 0 Å². The predicted octanol–water partition coefficient (Wildman–Crippen LogP) is 2.89. The fourth-order valence-electron chi connectivity index (χ4n) is 3.52. The van der Waals surface area contributed by atoms with Crippen molar-refractivity contribution in [2.75, 3.05) is 7.05 Å². The van der Waals surface area contributed by atoms with Crippen molar-refractivity contribution in [3.63, 3.8) is 0 Å². The van der Waals surface area contributed by atoms with Crippen molar-refractivity contribution >= 4 is 0 Å². The molecule has 2 fully saturated rings. The quantitative estimate of drug-likeness (QED) is 0.820. The van der Waals surface area contributed by atoms with Crippen molar-refractivity contribution in [3.8, 4) is 0 Å². The van der Waals surface area contributed by atoms with Crippen molar-refractivity contribution in [1.82, 2.24) is 5.32 Å². The summed E-state index contributed by atoms with van der Waals surface area (Å²) >= 11 is 0. The summed E-state index contributed by atoms with van der Waals surface area (Å²) in [4.78, 5) is 0. The Morgan fingerprint density at radius 2 is 2.07 bits per heavy atom. The molecule has 1 N–H and O–H groups in total. The number of furan rings is 1. The van der Waals surface area contributed by atoms with Crippen molar-refractivity contribution in [2.24, 2.45) is 17.8 Å². The van der Waals surface area contributed by atoms with Gasteiger partial charge in [0, 0.05) is 0 Å². The monoisotopic (exact) mass is 205 g/mol. The average Bonchev–Trinajstić information content (AvgIpc) is 2.67. The minimum atomic E-state index is 0.453. The molecular formula is C13H19NO. The molecule has 0 saturated heterocycles. The van der Waals surface area contributed by atoms with Gasteiger partial charge in [0.15, 0.2) is 0 Å². The maximum absolute atomic E-state index is 5.74. The molecule has 0 spiro atoms. The summed E-state index contributed by atoms with van der Waals surface area (Å²) in [7, 11) is 2.05. The van der Waals surface area contributed by atoms with E-state index >= 15 is 0 Å². The standard InChI is InChI=1S/C13H19NO/c1-8-6-7-11(15-8)13(14-2)12-9-4-3-5-10(9)12/h6-7,9-10,12-14H,3-5H2,1-2H3. The second-order valence-corrected chi connectivity index (χ2v) is 5.05. The van der Waals surface area contributed by atoms with E-state index < -0.39 is 0 Å². The summed E-state index contributed by atoms with van der Waals surface area (Å²) < 4.78 is 5.74. The number of hydrogen-bond acceptors (Lipinski definition) is 2. The second kappa shape index (κ2) is 3.38. The molecular weight excluding hydrogens is 186 g/mol. The molecule has 2 heteroatoms. The van der Waals surface area contributed by atoms with Gasteiger partial charge in [-0.2, -0.15) is 0 Å². The lowest BCUT2D eigenvalue weighted by molar-refractivity contribution is 0.359. The third-order valence-corrected chi connectivity index (χ3v) is 4.24. The van der Waals surface area contributed by atoms with Gasteiger partial charge in [-0.05, 0) is 56.7 Å². The van der Waals surface area contributed by atoms with Crippen molar-refractivity contribution in [3.05, 3.63) is 23.7 Å². The van der Waals surface area contributed by atoms with Gasteiger partial charge in [-0.1, -0.05) is 6.42 Å². The first-order valence-corrected chi connectivity index (χ1v) is 6.05. The Morgan fingerprint density at radius 3 is 2.60 bits per heavy atom. The minimum absolute atomic E-state index is 0.453. The van der Waals surface area contributed by atoms with E-state index in [4.69, 9.17) is 4.42 Å². The van der Waals surface area contributed by atoms with Gasteiger partial charge in [0.2, 0.25) is 0 Å². The normalized spacial score (nSPS) is 35.2. The van der Waals surface area contributed by atoms with Crippen LogP contribution in [0.3, 0.4) is 0 Å². The van der Waals surface area contributed by atoms with E-state index in [0.717, 1.165) is 29.3 Å². The Bertz CT molecular complexity index is 347. The lowest BCUT2D eigenvalue weighted by atomic mass is 10.0. The lowest BCUT2D eigenvalue weighted by Crippen LogP contribution is -2.19. The lowest BCUT2D eigenvalue weighted by Gasteiger charge is -2.15. The molecule has 1 aromatic heterocycles. The van der Waals surface area contributed by atoms with Crippen LogP contribution in [0.4, 0.5) is 0 Å². The predicted molar refractivity (Wildman–Crippen MR) is 59.6 cm³/mol. The number of nitrogens with one attached hydrogen (secondary N) is 1. The fourth-order valence-corrected chi connectivity index (χ4v) is 3.52. The van der Waals surface area contributed by atoms with Gasteiger partial charge in [0.25, 0.3) is 0 Å². The van der Waals surface area contributed by atoms with E-state index in [1.807, 2.05) is 6.92 Å². The van der Waals surface area contributed by atoms with E-state index in [9.17, 15) is 0 Å². The molecule has 3 atom stereocenters. The van der Waals surface area contributed by atoms with Crippen LogP contribution >= 0.6 is 0 Å². The molecule has 2 aliphatic carbocycles. The zero-order valence-corrected chi connectivity index (χ0v) is 9.49. The van der Waals surface area contributed by atoms with E-state index in [2.05, 4.69) is 24.5 Å². The molecule has 3 rings (SSSR count). The van der Waals surface area contributed by atoms with Gasteiger partial charge in [-0.25, -0.2) is 0 Å². The van der Waals surface area contributed by atoms with Gasteiger partial charge in [0.05, 0.1) is 6.04 Å². The van der Waals surface area contributed by atoms with Gasteiger partial charge in [0.1, 0.15) is 11.5 Å². The van der Waals surface area contributed by atoms with Gasteiger partial charge in [-0.3, -0.25) is 0 Å². The second-order valence-electron chi connectivity index (χ2n) is 5.05. The number of rotatable bonds is 3. The van der Waals surface area contributed by atoms with Crippen molar-refractivity contribution in [1.29, 1.82) is 0 Å². The highest BCUT2D eigenvalue weighted by atomic mass is 16.3. The first-order valence-electron chi connectivity index (χ1n) is 6.05. The highest BCUT2D eigenvalue weighted by Crippen LogP contribution is 2.62. The molecule has 2 saturated carbocycles. The number of hydrogen-bond donors (Lipinski definition) is 1. The van der Waals surface area contributed by atoms with Crippen LogP contribution in [0.15, 0.2) is 16.5 Å². The van der Waals surface area contributed by atoms with Crippen LogP contribution in [0.5, 0.6) is 0 Å². The molecule has 0 amide bonds. The summed E-state index contributed by atoms with van der Waals surface area (Å²) in [6, 6.07) is 4.65. The van der Waals surface area contributed by atoms with E-state index in [1.165, 1.54) is 19.3 Å². The Balaban J connectivity index is 1.78. The molecule has 0 radical (unpaired) electrons. The maximum Gasteiger partial charge on any atom is 0.121 e. The summed E-state index contributed by atoms with van der Waals surface area (Å²) in [5.74, 6) is 4.96. The fraction of sp³-hybridized carbons (Fsp3) is 0.692. The first-order chi connectivity index (χ1) is 7.31. The van der Waals surface area contributed by atoms with Gasteiger partial charge >= 0.3 is 0 Å². The molecule has 1 aromatic rings. The number of aryl methyl sites for hydroxylation is 1. The van der Waals surface area contributed by atoms with E-state index in [-0.39, 0.29) is 0 Å². The van der Waals surface area contributed by atoms with Crippen LogP contribution in [-0.4, -0.2) is 7.05 Å². The maximum atomic E-state index is 5.74. The molecule has 0 bridgehead atoms. The molecule has 2 aliphatic rings. The van der Waals surface area contributed by atoms with Gasteiger partial charge < -0.3 is 9.73 Å². The molecule has 1 heterocycles. The summed E-state index contributed by atoms with van der Waals surface area (Å²) in [6.07, 6.45) is 4.32. The molecule has 3 unspecified atom stereocenters. The third kappa shape index (κ3) is 1.43. The molecule has 82 valence electrons. The molecule has 0 aliphatic heterocycles. The van der Waals surface area contributed by atoms with Crippen LogP contribution in [0.25, 0.3) is 0 Å². The van der Waals surface area contributed by atoms with Crippen molar-refractivity contribution in [2.45, 2.75) is 32.2 Å². The number of fused-ring (bicyclic) bond motifs is 1. The largest absolute Gasteiger partial charge is 0.465 e. The topological polar surface area (TPSA) is 25.2 Å². The average molecular weight is 205 g/mol. The van der Waals surface area contributed by atoms with Crippen LogP contribution in [0, 0.1) is 24.7 Å². The minimum Gasteiger partial charge on any atom is -0.465 e. The van der Waals surface area contributed by atoms with Crippen LogP contribution in [0.1, 0.15) is 36.8 Å². The summed E-state index contributed by atoms with van der Waals surface area (Å²) in [5, 5.41) is 3.43. The Labute approximate surface area is 91.0 Å². The van der Waals surface area contributed by atoms with Crippen molar-refractivity contribution < 1.29 is 4.42 Å². The zero-order chi connectivity index (χ0) is 10.4. The van der Waals surface area contributed by atoms with Crippen LogP contribution < -0.4 is 5.32 Å². The molecule has 0 aromatic carbocycles. The van der Waals surface area contributed by atoms with E-state index in [0.29, 0.717) is 6.04 Å². The Hall–Kier alpha value is -0.760. The highest BCUT2D eigenvalue weighted by Gasteiger charge is 2.56. The van der Waals surface area contributed by atoms with Crippen LogP contribution in [0.2, 0.25) is 0 Å². The Morgan fingerprint density at radius 1 is 1.33 bits per heavy atom. The molecule has 15 heavy (non-hydrogen) atoms. The molecule has 2 nitrogen and oxygen atoms in total. The highest BCUT2D eigenvalue weighted by molar-refractivity contribution is 5.17. The smallest absolute Gasteiger partial charge is 0.121 e.